The number of halogens is 3. The van der Waals surface area contributed by atoms with Crippen LogP contribution in [0.15, 0.2) is 12.3 Å². The van der Waals surface area contributed by atoms with Gasteiger partial charge in [0, 0.05) is 9.77 Å². The van der Waals surface area contributed by atoms with Gasteiger partial charge in [-0.05, 0) is 28.7 Å². The fourth-order valence-corrected chi connectivity index (χ4v) is 1.08. The lowest BCUT2D eigenvalue weighted by atomic mass is 10.3. The molecule has 1 heterocycles. The Hall–Kier alpha value is -0.460. The topological polar surface area (TPSA) is 38.9 Å². The van der Waals surface area contributed by atoms with E-state index in [1.165, 1.54) is 6.20 Å². The first-order valence-electron chi connectivity index (χ1n) is 2.81. The summed E-state index contributed by atoms with van der Waals surface area (Å²) in [4.78, 5) is 3.46. The summed E-state index contributed by atoms with van der Waals surface area (Å²) in [5, 5.41) is 0. The standard InChI is InChI=1S/C6H5F2IN2/c7-6(8)5-4(10)3(9)1-2-11-5/h1-2,6H,10H2. The molecular weight excluding hydrogens is 265 g/mol. The van der Waals surface area contributed by atoms with E-state index in [4.69, 9.17) is 5.73 Å². The summed E-state index contributed by atoms with van der Waals surface area (Å²) in [7, 11) is 0. The van der Waals surface area contributed by atoms with E-state index in [0.29, 0.717) is 3.57 Å². The number of anilines is 1. The monoisotopic (exact) mass is 270 g/mol. The van der Waals surface area contributed by atoms with Crippen LogP contribution in [0.25, 0.3) is 0 Å². The molecule has 1 rings (SSSR count). The van der Waals surface area contributed by atoms with Gasteiger partial charge in [-0.2, -0.15) is 0 Å². The van der Waals surface area contributed by atoms with Gasteiger partial charge in [-0.25, -0.2) is 8.78 Å². The summed E-state index contributed by atoms with van der Waals surface area (Å²) in [5.74, 6) is 0. The average molecular weight is 270 g/mol. The van der Waals surface area contributed by atoms with E-state index in [1.807, 2.05) is 22.6 Å². The zero-order valence-corrected chi connectivity index (χ0v) is 7.55. The van der Waals surface area contributed by atoms with Gasteiger partial charge in [0.1, 0.15) is 5.69 Å². The fraction of sp³-hybridized carbons (Fsp3) is 0.167. The van der Waals surface area contributed by atoms with E-state index in [2.05, 4.69) is 4.98 Å². The van der Waals surface area contributed by atoms with E-state index in [0.717, 1.165) is 0 Å². The molecule has 0 fully saturated rings. The fourth-order valence-electron chi connectivity index (χ4n) is 0.639. The Morgan fingerprint density at radius 3 is 2.64 bits per heavy atom. The Morgan fingerprint density at radius 2 is 2.18 bits per heavy atom. The number of aromatic nitrogens is 1. The molecule has 0 bridgehead atoms. The van der Waals surface area contributed by atoms with E-state index in [9.17, 15) is 8.78 Å². The van der Waals surface area contributed by atoms with Crippen molar-refractivity contribution in [2.24, 2.45) is 0 Å². The highest BCUT2D eigenvalue weighted by atomic mass is 127. The number of hydrogen-bond donors (Lipinski definition) is 1. The number of rotatable bonds is 1. The number of alkyl halides is 2. The molecule has 0 radical (unpaired) electrons. The first-order valence-corrected chi connectivity index (χ1v) is 3.89. The lowest BCUT2D eigenvalue weighted by Gasteiger charge is -2.03. The minimum absolute atomic E-state index is 0.0723. The van der Waals surface area contributed by atoms with Gasteiger partial charge < -0.3 is 5.73 Å². The third kappa shape index (κ3) is 1.76. The number of nitrogens with two attached hydrogens (primary N) is 1. The Balaban J connectivity index is 3.17. The molecular formula is C6H5F2IN2. The molecule has 0 saturated heterocycles. The lowest BCUT2D eigenvalue weighted by Crippen LogP contribution is -1.99. The van der Waals surface area contributed by atoms with Crippen LogP contribution < -0.4 is 5.73 Å². The maximum atomic E-state index is 12.1. The van der Waals surface area contributed by atoms with E-state index in [1.54, 1.807) is 6.07 Å². The molecule has 2 nitrogen and oxygen atoms in total. The molecule has 0 spiro atoms. The van der Waals surface area contributed by atoms with Crippen molar-refractivity contribution >= 4 is 28.3 Å². The zero-order valence-electron chi connectivity index (χ0n) is 5.39. The molecule has 0 aliphatic heterocycles. The van der Waals surface area contributed by atoms with Crippen LogP contribution in [0.1, 0.15) is 12.1 Å². The maximum absolute atomic E-state index is 12.1. The van der Waals surface area contributed by atoms with Crippen LogP contribution in [-0.4, -0.2) is 4.98 Å². The van der Waals surface area contributed by atoms with Gasteiger partial charge in [0.25, 0.3) is 6.43 Å². The second kappa shape index (κ2) is 3.29. The van der Waals surface area contributed by atoms with E-state index >= 15 is 0 Å². The third-order valence-corrected chi connectivity index (χ3v) is 2.12. The second-order valence-corrected chi connectivity index (χ2v) is 3.05. The van der Waals surface area contributed by atoms with Crippen LogP contribution in [-0.2, 0) is 0 Å². The predicted octanol–water partition coefficient (Wildman–Crippen LogP) is 2.21. The Bertz CT molecular complexity index is 265. The van der Waals surface area contributed by atoms with E-state index < -0.39 is 6.43 Å². The van der Waals surface area contributed by atoms with Gasteiger partial charge in [-0.1, -0.05) is 0 Å². The van der Waals surface area contributed by atoms with Crippen LogP contribution in [0, 0.1) is 3.57 Å². The first kappa shape index (κ1) is 8.63. The normalized spacial score (nSPS) is 10.5. The van der Waals surface area contributed by atoms with Crippen LogP contribution in [0.2, 0.25) is 0 Å². The smallest absolute Gasteiger partial charge is 0.282 e. The summed E-state index contributed by atoms with van der Waals surface area (Å²) in [5.41, 5.74) is 5.07. The Morgan fingerprint density at radius 1 is 1.55 bits per heavy atom. The molecule has 1 aromatic rings. The van der Waals surface area contributed by atoms with Crippen molar-refractivity contribution in [3.8, 4) is 0 Å². The molecule has 0 atom stereocenters. The Labute approximate surface area is 75.9 Å². The number of pyridine rings is 1. The molecule has 11 heavy (non-hydrogen) atoms. The van der Waals surface area contributed by atoms with Gasteiger partial charge in [0.05, 0.1) is 5.69 Å². The largest absolute Gasteiger partial charge is 0.396 e. The SMILES string of the molecule is Nc1c(I)ccnc1C(F)F. The van der Waals surface area contributed by atoms with Crippen molar-refractivity contribution in [3.05, 3.63) is 21.5 Å². The number of nitrogens with zero attached hydrogens (tertiary/aromatic N) is 1. The van der Waals surface area contributed by atoms with Crippen LogP contribution in [0.5, 0.6) is 0 Å². The first-order chi connectivity index (χ1) is 5.13. The molecule has 0 aliphatic carbocycles. The summed E-state index contributed by atoms with van der Waals surface area (Å²) in [6, 6.07) is 1.59. The van der Waals surface area contributed by atoms with Gasteiger partial charge in [-0.3, -0.25) is 4.98 Å². The molecule has 0 amide bonds. The second-order valence-electron chi connectivity index (χ2n) is 1.89. The van der Waals surface area contributed by atoms with Crippen LogP contribution >= 0.6 is 22.6 Å². The van der Waals surface area contributed by atoms with Gasteiger partial charge in [-0.15, -0.1) is 0 Å². The van der Waals surface area contributed by atoms with Gasteiger partial charge in [0.15, 0.2) is 0 Å². The van der Waals surface area contributed by atoms with Gasteiger partial charge >= 0.3 is 0 Å². The van der Waals surface area contributed by atoms with Crippen molar-refractivity contribution in [1.82, 2.24) is 4.98 Å². The predicted molar refractivity (Wildman–Crippen MR) is 46.3 cm³/mol. The molecule has 2 N–H and O–H groups in total. The molecule has 1 aromatic heterocycles. The molecule has 0 saturated carbocycles. The number of nitrogen functional groups attached to an aromatic ring is 1. The number of hydrogen-bond acceptors (Lipinski definition) is 2. The molecule has 60 valence electrons. The van der Waals surface area contributed by atoms with Crippen molar-refractivity contribution in [2.75, 3.05) is 5.73 Å². The molecule has 0 aliphatic rings. The molecule has 0 unspecified atom stereocenters. The maximum Gasteiger partial charge on any atom is 0.282 e. The molecule has 0 aromatic carbocycles. The van der Waals surface area contributed by atoms with E-state index in [-0.39, 0.29) is 11.4 Å². The average Bonchev–Trinajstić information content (AvgIpc) is 1.94. The summed E-state index contributed by atoms with van der Waals surface area (Å²) >= 11 is 1.88. The highest BCUT2D eigenvalue weighted by molar-refractivity contribution is 14.1. The highest BCUT2D eigenvalue weighted by Crippen LogP contribution is 2.25. The highest BCUT2D eigenvalue weighted by Gasteiger charge is 2.13. The minimum Gasteiger partial charge on any atom is -0.396 e. The third-order valence-electron chi connectivity index (χ3n) is 1.17. The summed E-state index contributed by atoms with van der Waals surface area (Å²) < 4.78 is 24.7. The quantitative estimate of drug-likeness (QED) is 0.794. The van der Waals surface area contributed by atoms with Crippen molar-refractivity contribution in [2.45, 2.75) is 6.43 Å². The zero-order chi connectivity index (χ0) is 8.43. The van der Waals surface area contributed by atoms with Crippen molar-refractivity contribution < 1.29 is 8.78 Å². The van der Waals surface area contributed by atoms with Crippen LogP contribution in [0.3, 0.4) is 0 Å². The van der Waals surface area contributed by atoms with Gasteiger partial charge in [0.2, 0.25) is 0 Å². The van der Waals surface area contributed by atoms with Crippen molar-refractivity contribution in [1.29, 1.82) is 0 Å². The van der Waals surface area contributed by atoms with Crippen LogP contribution in [0.4, 0.5) is 14.5 Å². The lowest BCUT2D eigenvalue weighted by molar-refractivity contribution is 0.147. The summed E-state index contributed by atoms with van der Waals surface area (Å²) in [6.45, 7) is 0. The minimum atomic E-state index is -2.59. The van der Waals surface area contributed by atoms with Crippen molar-refractivity contribution in [3.63, 3.8) is 0 Å². The Kier molecular flexibility index (Phi) is 2.58. The molecule has 5 heteroatoms. The summed E-state index contributed by atoms with van der Waals surface area (Å²) in [6.07, 6.45) is -1.27.